The van der Waals surface area contributed by atoms with Crippen molar-refractivity contribution in [3.05, 3.63) is 42.0 Å². The molecule has 1 fully saturated rings. The maximum atomic E-state index is 10.9. The van der Waals surface area contributed by atoms with E-state index in [0.29, 0.717) is 18.4 Å². The van der Waals surface area contributed by atoms with Crippen LogP contribution in [0.4, 0.5) is 0 Å². The highest BCUT2D eigenvalue weighted by Crippen LogP contribution is 2.28. The fourth-order valence-corrected chi connectivity index (χ4v) is 2.60. The van der Waals surface area contributed by atoms with Crippen molar-refractivity contribution in [2.24, 2.45) is 0 Å². The first-order valence-corrected chi connectivity index (χ1v) is 7.07. The molecule has 0 bridgehead atoms. The minimum absolute atomic E-state index is 0.115. The summed E-state index contributed by atoms with van der Waals surface area (Å²) in [6.45, 7) is 0.310. The number of rotatable bonds is 5. The second-order valence-corrected chi connectivity index (χ2v) is 5.23. The van der Waals surface area contributed by atoms with Crippen molar-refractivity contribution in [3.63, 3.8) is 0 Å². The minimum atomic E-state index is -1.02. The quantitative estimate of drug-likeness (QED) is 0.914. The summed E-state index contributed by atoms with van der Waals surface area (Å²) in [4.78, 5) is 14.7. The Bertz CT molecular complexity index is 633. The number of carbonyl (C=O) groups is 1. The fraction of sp³-hybridized carbons (Fsp3) is 0.400. The van der Waals surface area contributed by atoms with Gasteiger partial charge in [-0.3, -0.25) is 9.67 Å². The van der Waals surface area contributed by atoms with E-state index in [0.717, 1.165) is 5.69 Å². The van der Waals surface area contributed by atoms with Crippen LogP contribution in [0.2, 0.25) is 0 Å². The molecule has 110 valence electrons. The molecule has 0 spiro atoms. The number of ether oxygens (including phenoxy) is 1. The molecule has 0 unspecified atom stereocenters. The highest BCUT2D eigenvalue weighted by molar-refractivity contribution is 5.87. The standard InChI is InChI=1S/C15H17N3O3/c19-15(20)11-7-14(9-16-8-11)21-10-12-5-6-18(17-12)13-3-1-2-4-13/h5-9,13H,1-4,10H2,(H,19,20). The number of carboxylic acids is 1. The zero-order valence-corrected chi connectivity index (χ0v) is 11.6. The van der Waals surface area contributed by atoms with Crippen molar-refractivity contribution in [1.82, 2.24) is 14.8 Å². The number of carboxylic acid groups (broad SMARTS) is 1. The summed E-state index contributed by atoms with van der Waals surface area (Å²) in [5.41, 5.74) is 0.951. The number of aromatic nitrogens is 3. The molecule has 0 aliphatic heterocycles. The maximum Gasteiger partial charge on any atom is 0.337 e. The second kappa shape index (κ2) is 5.95. The van der Waals surface area contributed by atoms with Gasteiger partial charge in [0.05, 0.1) is 23.5 Å². The van der Waals surface area contributed by atoms with Gasteiger partial charge in [0.1, 0.15) is 12.4 Å². The molecule has 21 heavy (non-hydrogen) atoms. The van der Waals surface area contributed by atoms with Crippen LogP contribution < -0.4 is 4.74 Å². The SMILES string of the molecule is O=C(O)c1cncc(OCc2ccn(C3CCCC3)n2)c1. The van der Waals surface area contributed by atoms with E-state index in [2.05, 4.69) is 10.1 Å². The number of aromatic carboxylic acids is 1. The highest BCUT2D eigenvalue weighted by Gasteiger charge is 2.17. The van der Waals surface area contributed by atoms with Crippen molar-refractivity contribution in [3.8, 4) is 5.75 Å². The van der Waals surface area contributed by atoms with Crippen LogP contribution in [0, 0.1) is 0 Å². The Morgan fingerprint density at radius 3 is 2.95 bits per heavy atom. The molecule has 0 radical (unpaired) electrons. The number of hydrogen-bond acceptors (Lipinski definition) is 4. The largest absolute Gasteiger partial charge is 0.486 e. The first-order valence-electron chi connectivity index (χ1n) is 7.07. The van der Waals surface area contributed by atoms with E-state index in [1.165, 1.54) is 44.1 Å². The van der Waals surface area contributed by atoms with E-state index in [1.54, 1.807) is 0 Å². The highest BCUT2D eigenvalue weighted by atomic mass is 16.5. The zero-order chi connectivity index (χ0) is 14.7. The van der Waals surface area contributed by atoms with E-state index < -0.39 is 5.97 Å². The molecule has 2 heterocycles. The summed E-state index contributed by atoms with van der Waals surface area (Å²) in [7, 11) is 0. The van der Waals surface area contributed by atoms with Crippen molar-refractivity contribution in [2.75, 3.05) is 0 Å². The fourth-order valence-electron chi connectivity index (χ4n) is 2.60. The third-order valence-electron chi connectivity index (χ3n) is 3.71. The van der Waals surface area contributed by atoms with Crippen molar-refractivity contribution < 1.29 is 14.6 Å². The second-order valence-electron chi connectivity index (χ2n) is 5.23. The van der Waals surface area contributed by atoms with E-state index in [4.69, 9.17) is 9.84 Å². The van der Waals surface area contributed by atoms with Crippen LogP contribution >= 0.6 is 0 Å². The average molecular weight is 287 g/mol. The number of nitrogens with zero attached hydrogens (tertiary/aromatic N) is 3. The molecule has 1 aliphatic rings. The smallest absolute Gasteiger partial charge is 0.337 e. The van der Waals surface area contributed by atoms with E-state index >= 15 is 0 Å². The Morgan fingerprint density at radius 1 is 1.38 bits per heavy atom. The van der Waals surface area contributed by atoms with Gasteiger partial charge in [-0.2, -0.15) is 5.10 Å². The molecule has 2 aromatic heterocycles. The lowest BCUT2D eigenvalue weighted by molar-refractivity contribution is 0.0696. The molecule has 6 heteroatoms. The van der Waals surface area contributed by atoms with Gasteiger partial charge in [-0.05, 0) is 25.0 Å². The van der Waals surface area contributed by atoms with Gasteiger partial charge in [0.25, 0.3) is 0 Å². The monoisotopic (exact) mass is 287 g/mol. The van der Waals surface area contributed by atoms with E-state index in [-0.39, 0.29) is 5.56 Å². The Hall–Kier alpha value is -2.37. The van der Waals surface area contributed by atoms with Crippen LogP contribution in [-0.2, 0) is 6.61 Å². The molecule has 2 aromatic rings. The van der Waals surface area contributed by atoms with Crippen LogP contribution in [0.15, 0.2) is 30.7 Å². The molecular weight excluding hydrogens is 270 g/mol. The Labute approximate surface area is 122 Å². The van der Waals surface area contributed by atoms with Gasteiger partial charge >= 0.3 is 5.97 Å². The summed E-state index contributed by atoms with van der Waals surface area (Å²) in [6.07, 6.45) is 9.69. The molecule has 1 N–H and O–H groups in total. The van der Waals surface area contributed by atoms with Crippen LogP contribution in [0.25, 0.3) is 0 Å². The molecule has 1 aliphatic carbocycles. The van der Waals surface area contributed by atoms with Crippen LogP contribution in [-0.4, -0.2) is 25.8 Å². The lowest BCUT2D eigenvalue weighted by Gasteiger charge is -2.09. The summed E-state index contributed by atoms with van der Waals surface area (Å²) in [5, 5.41) is 13.4. The van der Waals surface area contributed by atoms with Crippen molar-refractivity contribution in [2.45, 2.75) is 38.3 Å². The lowest BCUT2D eigenvalue weighted by Crippen LogP contribution is -2.06. The molecule has 0 aromatic carbocycles. The normalized spacial score (nSPS) is 15.2. The molecular formula is C15H17N3O3. The van der Waals surface area contributed by atoms with Gasteiger partial charge in [-0.15, -0.1) is 0 Å². The Balaban J connectivity index is 1.62. The zero-order valence-electron chi connectivity index (χ0n) is 11.6. The maximum absolute atomic E-state index is 10.9. The number of hydrogen-bond donors (Lipinski definition) is 1. The van der Waals surface area contributed by atoms with Gasteiger partial charge in [0.15, 0.2) is 0 Å². The number of pyridine rings is 1. The summed E-state index contributed by atoms with van der Waals surface area (Å²) < 4.78 is 7.57. The molecule has 0 atom stereocenters. The predicted molar refractivity (Wildman–Crippen MR) is 75.3 cm³/mol. The van der Waals surface area contributed by atoms with Gasteiger partial charge in [-0.1, -0.05) is 12.8 Å². The third kappa shape index (κ3) is 3.21. The molecule has 3 rings (SSSR count). The summed E-state index contributed by atoms with van der Waals surface area (Å²) in [6, 6.07) is 3.91. The minimum Gasteiger partial charge on any atom is -0.486 e. The molecule has 0 amide bonds. The van der Waals surface area contributed by atoms with Gasteiger partial charge < -0.3 is 9.84 Å². The van der Waals surface area contributed by atoms with Crippen LogP contribution in [0.1, 0.15) is 47.8 Å². The molecule has 6 nitrogen and oxygen atoms in total. The van der Waals surface area contributed by atoms with E-state index in [9.17, 15) is 4.79 Å². The first-order chi connectivity index (χ1) is 10.2. The summed E-state index contributed by atoms with van der Waals surface area (Å²) >= 11 is 0. The Morgan fingerprint density at radius 2 is 2.19 bits per heavy atom. The van der Waals surface area contributed by atoms with Crippen LogP contribution in [0.3, 0.4) is 0 Å². The van der Waals surface area contributed by atoms with Gasteiger partial charge in [0, 0.05) is 12.4 Å². The topological polar surface area (TPSA) is 77.2 Å². The molecule has 0 saturated heterocycles. The van der Waals surface area contributed by atoms with Crippen molar-refractivity contribution in [1.29, 1.82) is 0 Å². The third-order valence-corrected chi connectivity index (χ3v) is 3.71. The van der Waals surface area contributed by atoms with Gasteiger partial charge in [0.2, 0.25) is 0 Å². The average Bonchev–Trinajstić information content (AvgIpc) is 3.16. The summed E-state index contributed by atoms with van der Waals surface area (Å²) in [5.74, 6) is -0.580. The van der Waals surface area contributed by atoms with Crippen molar-refractivity contribution >= 4 is 5.97 Å². The van der Waals surface area contributed by atoms with E-state index in [1.807, 2.05) is 16.9 Å². The van der Waals surface area contributed by atoms with Crippen LogP contribution in [0.5, 0.6) is 5.75 Å². The first kappa shape index (κ1) is 13.6. The van der Waals surface area contributed by atoms with Gasteiger partial charge in [-0.25, -0.2) is 4.79 Å². The Kier molecular flexibility index (Phi) is 3.85. The lowest BCUT2D eigenvalue weighted by atomic mass is 10.3. The molecule has 1 saturated carbocycles. The predicted octanol–water partition coefficient (Wildman–Crippen LogP) is 2.67.